The summed E-state index contributed by atoms with van der Waals surface area (Å²) in [7, 11) is 1.36. The minimum absolute atomic E-state index is 0.133. The molecule has 1 heterocycles. The summed E-state index contributed by atoms with van der Waals surface area (Å²) in [5.41, 5.74) is 0.538. The van der Waals surface area contributed by atoms with Gasteiger partial charge in [-0.25, -0.2) is 0 Å². The average Bonchev–Trinajstić information content (AvgIpc) is 2.32. The van der Waals surface area contributed by atoms with E-state index in [1.165, 1.54) is 19.3 Å². The number of rotatable bonds is 2. The van der Waals surface area contributed by atoms with E-state index >= 15 is 0 Å². The van der Waals surface area contributed by atoms with E-state index in [4.69, 9.17) is 9.47 Å². The predicted molar refractivity (Wildman–Crippen MR) is 52.5 cm³/mol. The molecule has 0 spiro atoms. The van der Waals surface area contributed by atoms with Gasteiger partial charge in [0, 0.05) is 19.1 Å². The maximum Gasteiger partial charge on any atom is 0.188 e. The second-order valence-corrected chi connectivity index (χ2v) is 3.54. The van der Waals surface area contributed by atoms with Gasteiger partial charge in [-0.15, -0.1) is 0 Å². The summed E-state index contributed by atoms with van der Waals surface area (Å²) >= 11 is 0. The van der Waals surface area contributed by atoms with Crippen molar-refractivity contribution in [1.29, 1.82) is 0 Å². The smallest absolute Gasteiger partial charge is 0.188 e. The molecule has 5 nitrogen and oxygen atoms in total. The van der Waals surface area contributed by atoms with Crippen LogP contribution >= 0.6 is 0 Å². The van der Waals surface area contributed by atoms with Gasteiger partial charge < -0.3 is 14.3 Å². The minimum atomic E-state index is -0.930. The van der Waals surface area contributed by atoms with Crippen molar-refractivity contribution in [3.8, 4) is 0 Å². The fraction of sp³-hybridized carbons (Fsp3) is 0.364. The molecule has 0 amide bonds. The van der Waals surface area contributed by atoms with Crippen LogP contribution in [0.1, 0.15) is 6.42 Å². The Morgan fingerprint density at radius 1 is 1.38 bits per heavy atom. The van der Waals surface area contributed by atoms with Crippen LogP contribution in [0.15, 0.2) is 23.3 Å². The molecule has 5 heteroatoms. The van der Waals surface area contributed by atoms with Crippen LogP contribution in [0.2, 0.25) is 0 Å². The van der Waals surface area contributed by atoms with Crippen LogP contribution in [0.3, 0.4) is 0 Å². The second-order valence-electron chi connectivity index (χ2n) is 3.54. The van der Waals surface area contributed by atoms with Crippen molar-refractivity contribution < 1.29 is 23.9 Å². The molecule has 0 saturated heterocycles. The molecule has 1 aliphatic carbocycles. The molecule has 1 aliphatic heterocycles. The number of ether oxygens (including phenoxy) is 2. The number of aldehydes is 1. The normalized spacial score (nSPS) is 29.3. The molecule has 0 aromatic heterocycles. The van der Waals surface area contributed by atoms with Crippen LogP contribution in [0.5, 0.6) is 0 Å². The molecule has 2 atom stereocenters. The maximum absolute atomic E-state index is 11.6. The van der Waals surface area contributed by atoms with Crippen LogP contribution in [-0.2, 0) is 23.9 Å². The summed E-state index contributed by atoms with van der Waals surface area (Å²) < 4.78 is 10.2. The molecule has 0 radical (unpaired) electrons. The number of hydrogen-bond acceptors (Lipinski definition) is 5. The summed E-state index contributed by atoms with van der Waals surface area (Å²) in [6, 6.07) is 0. The van der Waals surface area contributed by atoms with Gasteiger partial charge in [-0.2, -0.15) is 0 Å². The van der Waals surface area contributed by atoms with E-state index < -0.39 is 12.4 Å². The summed E-state index contributed by atoms with van der Waals surface area (Å²) in [6.45, 7) is 0. The van der Waals surface area contributed by atoms with Crippen molar-refractivity contribution in [2.75, 3.05) is 7.11 Å². The van der Waals surface area contributed by atoms with E-state index in [1.54, 1.807) is 0 Å². The van der Waals surface area contributed by atoms with Gasteiger partial charge >= 0.3 is 0 Å². The van der Waals surface area contributed by atoms with Crippen LogP contribution in [0.4, 0.5) is 0 Å². The third kappa shape index (κ3) is 1.64. The molecule has 0 saturated carbocycles. The van der Waals surface area contributed by atoms with Crippen molar-refractivity contribution in [3.05, 3.63) is 23.3 Å². The molecule has 2 aliphatic rings. The first-order chi connectivity index (χ1) is 7.67. The van der Waals surface area contributed by atoms with Crippen LogP contribution in [-0.4, -0.2) is 37.4 Å². The topological polar surface area (TPSA) is 69.7 Å². The second kappa shape index (κ2) is 4.11. The lowest BCUT2D eigenvalue weighted by Crippen LogP contribution is -2.38. The summed E-state index contributed by atoms with van der Waals surface area (Å²) in [6.07, 6.45) is 1.48. The molecule has 0 N–H and O–H groups in total. The van der Waals surface area contributed by atoms with Crippen molar-refractivity contribution in [1.82, 2.24) is 0 Å². The third-order valence-corrected chi connectivity index (χ3v) is 2.58. The molecule has 2 unspecified atom stereocenters. The number of methoxy groups -OCH3 is 1. The maximum atomic E-state index is 11.6. The molecule has 0 bridgehead atoms. The Hall–Kier alpha value is -1.59. The molecule has 0 aromatic rings. The van der Waals surface area contributed by atoms with E-state index in [9.17, 15) is 14.4 Å². The number of allylic oxidation sites excluding steroid dienone is 2. The van der Waals surface area contributed by atoms with E-state index in [2.05, 4.69) is 0 Å². The van der Waals surface area contributed by atoms with Gasteiger partial charge in [0.2, 0.25) is 0 Å². The number of hydrogen-bond donors (Lipinski definition) is 0. The third-order valence-electron chi connectivity index (χ3n) is 2.58. The summed E-state index contributed by atoms with van der Waals surface area (Å²) in [4.78, 5) is 33.8. The first-order valence-corrected chi connectivity index (χ1v) is 4.80. The lowest BCUT2D eigenvalue weighted by atomic mass is 9.88. The SMILES string of the molecule is COC1OC(C=O)CC2=C1C(=O)C=CC2=O. The quantitative estimate of drug-likeness (QED) is 0.484. The van der Waals surface area contributed by atoms with E-state index in [0.29, 0.717) is 11.9 Å². The van der Waals surface area contributed by atoms with Gasteiger partial charge in [-0.05, 0) is 12.2 Å². The van der Waals surface area contributed by atoms with Crippen molar-refractivity contribution in [3.63, 3.8) is 0 Å². The Morgan fingerprint density at radius 3 is 2.69 bits per heavy atom. The highest BCUT2D eigenvalue weighted by molar-refractivity contribution is 6.20. The molecule has 0 aromatic carbocycles. The van der Waals surface area contributed by atoms with Gasteiger partial charge in [-0.1, -0.05) is 0 Å². The Labute approximate surface area is 91.7 Å². The highest BCUT2D eigenvalue weighted by atomic mass is 16.7. The van der Waals surface area contributed by atoms with Gasteiger partial charge in [0.15, 0.2) is 17.9 Å². The Morgan fingerprint density at radius 2 is 2.06 bits per heavy atom. The Bertz CT molecular complexity index is 418. The highest BCUT2D eigenvalue weighted by Gasteiger charge is 2.36. The largest absolute Gasteiger partial charge is 0.351 e. The van der Waals surface area contributed by atoms with Crippen LogP contribution in [0.25, 0.3) is 0 Å². The van der Waals surface area contributed by atoms with Crippen molar-refractivity contribution >= 4 is 17.9 Å². The summed E-state index contributed by atoms with van der Waals surface area (Å²) in [5, 5.41) is 0. The van der Waals surface area contributed by atoms with E-state index in [-0.39, 0.29) is 23.6 Å². The monoisotopic (exact) mass is 222 g/mol. The standard InChI is InChI=1S/C11H10O5/c1-15-11-10-7(4-6(5-12)16-11)8(13)2-3-9(10)14/h2-3,5-6,11H,4H2,1H3. The van der Waals surface area contributed by atoms with Gasteiger partial charge in [0.25, 0.3) is 0 Å². The lowest BCUT2D eigenvalue weighted by Gasteiger charge is -2.30. The summed E-state index contributed by atoms with van der Waals surface area (Å²) in [5.74, 6) is -0.558. The highest BCUT2D eigenvalue weighted by Crippen LogP contribution is 2.29. The Balaban J connectivity index is 2.44. The van der Waals surface area contributed by atoms with Crippen LogP contribution in [0, 0.1) is 0 Å². The zero-order chi connectivity index (χ0) is 11.7. The lowest BCUT2D eigenvalue weighted by molar-refractivity contribution is -0.156. The fourth-order valence-corrected chi connectivity index (χ4v) is 1.82. The molecular weight excluding hydrogens is 212 g/mol. The number of ketones is 2. The predicted octanol–water partition coefficient (Wildman–Crippen LogP) is -0.0487. The van der Waals surface area contributed by atoms with E-state index in [0.717, 1.165) is 0 Å². The minimum Gasteiger partial charge on any atom is -0.351 e. The van der Waals surface area contributed by atoms with Gasteiger partial charge in [-0.3, -0.25) is 9.59 Å². The first kappa shape index (κ1) is 10.9. The van der Waals surface area contributed by atoms with E-state index in [1.807, 2.05) is 0 Å². The molecule has 0 fully saturated rings. The molecule has 84 valence electrons. The molecule has 16 heavy (non-hydrogen) atoms. The fourth-order valence-electron chi connectivity index (χ4n) is 1.82. The first-order valence-electron chi connectivity index (χ1n) is 4.80. The van der Waals surface area contributed by atoms with Crippen molar-refractivity contribution in [2.24, 2.45) is 0 Å². The zero-order valence-electron chi connectivity index (χ0n) is 8.64. The number of carbonyl (C=O) groups is 3. The average molecular weight is 222 g/mol. The van der Waals surface area contributed by atoms with Gasteiger partial charge in [0.05, 0.1) is 5.57 Å². The zero-order valence-corrected chi connectivity index (χ0v) is 8.64. The van der Waals surface area contributed by atoms with Crippen LogP contribution < -0.4 is 0 Å². The number of carbonyl (C=O) groups excluding carboxylic acids is 3. The Kier molecular flexibility index (Phi) is 2.80. The molecular formula is C11H10O5. The van der Waals surface area contributed by atoms with Crippen molar-refractivity contribution in [2.45, 2.75) is 18.8 Å². The molecule has 2 rings (SSSR count). The van der Waals surface area contributed by atoms with Gasteiger partial charge in [0.1, 0.15) is 12.4 Å².